The first-order valence-corrected chi connectivity index (χ1v) is 4.09. The molecule has 0 fully saturated rings. The number of aliphatic hydroxyl groups excluding tert-OH is 1. The van der Waals surface area contributed by atoms with Gasteiger partial charge in [0.05, 0.1) is 20.8 Å². The van der Waals surface area contributed by atoms with Crippen LogP contribution in [0.5, 0.6) is 5.75 Å². The predicted octanol–water partition coefficient (Wildman–Crippen LogP) is 0.974. The molecular weight excluding hydrogens is 184 g/mol. The monoisotopic (exact) mass is 196 g/mol. The molecule has 0 heterocycles. The van der Waals surface area contributed by atoms with Crippen LogP contribution in [0, 0.1) is 0 Å². The Hall–Kier alpha value is -1.55. The van der Waals surface area contributed by atoms with Gasteiger partial charge in [-0.2, -0.15) is 0 Å². The van der Waals surface area contributed by atoms with Crippen molar-refractivity contribution in [3.63, 3.8) is 0 Å². The molecule has 1 rings (SSSR count). The van der Waals surface area contributed by atoms with Gasteiger partial charge in [0, 0.05) is 5.56 Å². The molecule has 0 spiro atoms. The smallest absolute Gasteiger partial charge is 0.341 e. The number of aliphatic hydroxyl groups is 1. The lowest BCUT2D eigenvalue weighted by Gasteiger charge is -2.10. The minimum Gasteiger partial charge on any atom is -0.495 e. The van der Waals surface area contributed by atoms with Gasteiger partial charge in [-0.25, -0.2) is 4.79 Å². The van der Waals surface area contributed by atoms with Crippen molar-refractivity contribution in [3.8, 4) is 5.75 Å². The predicted molar refractivity (Wildman–Crippen MR) is 50.3 cm³/mol. The molecular formula is C10H12O4. The van der Waals surface area contributed by atoms with E-state index in [2.05, 4.69) is 4.74 Å². The van der Waals surface area contributed by atoms with Gasteiger partial charge in [-0.05, 0) is 6.07 Å². The van der Waals surface area contributed by atoms with Crippen LogP contribution in [-0.2, 0) is 11.3 Å². The van der Waals surface area contributed by atoms with Crippen molar-refractivity contribution in [2.75, 3.05) is 14.2 Å². The largest absolute Gasteiger partial charge is 0.495 e. The minimum absolute atomic E-state index is 0.173. The molecule has 1 N–H and O–H groups in total. The Morgan fingerprint density at radius 1 is 1.43 bits per heavy atom. The van der Waals surface area contributed by atoms with Gasteiger partial charge in [-0.15, -0.1) is 0 Å². The Morgan fingerprint density at radius 2 is 2.14 bits per heavy atom. The summed E-state index contributed by atoms with van der Waals surface area (Å²) in [4.78, 5) is 11.3. The highest BCUT2D eigenvalue weighted by molar-refractivity contribution is 5.92. The summed E-state index contributed by atoms with van der Waals surface area (Å²) in [5.74, 6) is -0.112. The molecule has 4 heteroatoms. The Morgan fingerprint density at radius 3 is 2.64 bits per heavy atom. The number of rotatable bonds is 3. The summed E-state index contributed by atoms with van der Waals surface area (Å²) in [5, 5.41) is 9.00. The summed E-state index contributed by atoms with van der Waals surface area (Å²) in [6.07, 6.45) is 0. The zero-order valence-corrected chi connectivity index (χ0v) is 8.11. The van der Waals surface area contributed by atoms with Gasteiger partial charge in [0.15, 0.2) is 0 Å². The fourth-order valence-electron chi connectivity index (χ4n) is 1.22. The topological polar surface area (TPSA) is 55.8 Å². The second-order valence-corrected chi connectivity index (χ2v) is 2.65. The highest BCUT2D eigenvalue weighted by Gasteiger charge is 2.14. The fourth-order valence-corrected chi connectivity index (χ4v) is 1.22. The molecule has 0 radical (unpaired) electrons. The number of para-hydroxylation sites is 1. The van der Waals surface area contributed by atoms with E-state index in [1.54, 1.807) is 18.2 Å². The quantitative estimate of drug-likeness (QED) is 0.732. The fraction of sp³-hybridized carbons (Fsp3) is 0.300. The molecule has 0 saturated heterocycles. The molecule has 0 unspecified atom stereocenters. The summed E-state index contributed by atoms with van der Waals surface area (Å²) in [5.41, 5.74) is 0.886. The third-order valence-corrected chi connectivity index (χ3v) is 1.88. The molecule has 0 aromatic heterocycles. The van der Waals surface area contributed by atoms with Crippen molar-refractivity contribution in [2.45, 2.75) is 6.61 Å². The van der Waals surface area contributed by atoms with E-state index in [1.165, 1.54) is 14.2 Å². The number of carbonyl (C=O) groups excluding carboxylic acids is 1. The van der Waals surface area contributed by atoms with Gasteiger partial charge < -0.3 is 14.6 Å². The lowest BCUT2D eigenvalue weighted by Crippen LogP contribution is -2.06. The SMILES string of the molecule is COC(=O)c1cccc(CO)c1OC. The maximum absolute atomic E-state index is 11.3. The summed E-state index contributed by atoms with van der Waals surface area (Å²) >= 11 is 0. The van der Waals surface area contributed by atoms with Crippen molar-refractivity contribution in [1.82, 2.24) is 0 Å². The Kier molecular flexibility index (Phi) is 3.48. The van der Waals surface area contributed by atoms with Gasteiger partial charge >= 0.3 is 5.97 Å². The molecule has 0 saturated carbocycles. The molecule has 4 nitrogen and oxygen atoms in total. The van der Waals surface area contributed by atoms with Gasteiger partial charge in [-0.3, -0.25) is 0 Å². The molecule has 0 aliphatic carbocycles. The van der Waals surface area contributed by atoms with Crippen molar-refractivity contribution in [1.29, 1.82) is 0 Å². The highest BCUT2D eigenvalue weighted by Crippen LogP contribution is 2.24. The second kappa shape index (κ2) is 4.62. The van der Waals surface area contributed by atoms with E-state index in [-0.39, 0.29) is 6.61 Å². The normalized spacial score (nSPS) is 9.64. The molecule has 14 heavy (non-hydrogen) atoms. The van der Waals surface area contributed by atoms with Crippen LogP contribution < -0.4 is 4.74 Å². The van der Waals surface area contributed by atoms with Crippen LogP contribution in [0.25, 0.3) is 0 Å². The summed E-state index contributed by atoms with van der Waals surface area (Å²) in [6, 6.07) is 4.94. The molecule has 0 atom stereocenters. The number of ether oxygens (including phenoxy) is 2. The zero-order chi connectivity index (χ0) is 10.6. The van der Waals surface area contributed by atoms with Crippen LogP contribution in [0.4, 0.5) is 0 Å². The number of hydrogen-bond donors (Lipinski definition) is 1. The van der Waals surface area contributed by atoms with E-state index in [1.807, 2.05) is 0 Å². The van der Waals surface area contributed by atoms with Crippen LogP contribution in [-0.4, -0.2) is 25.3 Å². The van der Waals surface area contributed by atoms with Crippen molar-refractivity contribution >= 4 is 5.97 Å². The molecule has 1 aromatic carbocycles. The Balaban J connectivity index is 3.21. The van der Waals surface area contributed by atoms with Crippen molar-refractivity contribution < 1.29 is 19.4 Å². The summed E-state index contributed by atoms with van der Waals surface area (Å²) in [7, 11) is 2.74. The highest BCUT2D eigenvalue weighted by atomic mass is 16.5. The maximum Gasteiger partial charge on any atom is 0.341 e. The molecule has 76 valence electrons. The number of hydrogen-bond acceptors (Lipinski definition) is 4. The van der Waals surface area contributed by atoms with Crippen LogP contribution in [0.3, 0.4) is 0 Å². The summed E-state index contributed by atoms with van der Waals surface area (Å²) < 4.78 is 9.61. The first-order chi connectivity index (χ1) is 6.74. The summed E-state index contributed by atoms with van der Waals surface area (Å²) in [6.45, 7) is -0.173. The van der Waals surface area contributed by atoms with Crippen molar-refractivity contribution in [2.24, 2.45) is 0 Å². The molecule has 0 aliphatic heterocycles. The van der Waals surface area contributed by atoms with Crippen molar-refractivity contribution in [3.05, 3.63) is 29.3 Å². The molecule has 0 amide bonds. The zero-order valence-electron chi connectivity index (χ0n) is 8.11. The van der Waals surface area contributed by atoms with E-state index >= 15 is 0 Å². The Bertz CT molecular complexity index is 333. The van der Waals surface area contributed by atoms with E-state index < -0.39 is 5.97 Å². The lowest BCUT2D eigenvalue weighted by molar-refractivity contribution is 0.0596. The average Bonchev–Trinajstić information content (AvgIpc) is 2.26. The molecule has 1 aromatic rings. The van der Waals surface area contributed by atoms with Crippen LogP contribution >= 0.6 is 0 Å². The average molecular weight is 196 g/mol. The van der Waals surface area contributed by atoms with Crippen LogP contribution in [0.15, 0.2) is 18.2 Å². The van der Waals surface area contributed by atoms with E-state index in [4.69, 9.17) is 9.84 Å². The second-order valence-electron chi connectivity index (χ2n) is 2.65. The van der Waals surface area contributed by atoms with Gasteiger partial charge in [0.1, 0.15) is 11.3 Å². The van der Waals surface area contributed by atoms with Gasteiger partial charge in [0.25, 0.3) is 0 Å². The standard InChI is InChI=1S/C10H12O4/c1-13-9-7(6-11)4-3-5-8(9)10(12)14-2/h3-5,11H,6H2,1-2H3. The number of carbonyl (C=O) groups is 1. The number of benzene rings is 1. The van der Waals surface area contributed by atoms with Crippen LogP contribution in [0.1, 0.15) is 15.9 Å². The maximum atomic E-state index is 11.3. The van der Waals surface area contributed by atoms with Gasteiger partial charge in [-0.1, -0.05) is 12.1 Å². The first kappa shape index (κ1) is 10.5. The Labute approximate surface area is 82.1 Å². The van der Waals surface area contributed by atoms with Gasteiger partial charge in [0.2, 0.25) is 0 Å². The molecule has 0 bridgehead atoms. The van der Waals surface area contributed by atoms with Crippen LogP contribution in [0.2, 0.25) is 0 Å². The first-order valence-electron chi connectivity index (χ1n) is 4.09. The molecule has 0 aliphatic rings. The van der Waals surface area contributed by atoms with E-state index in [9.17, 15) is 4.79 Å². The lowest BCUT2D eigenvalue weighted by atomic mass is 10.1. The third-order valence-electron chi connectivity index (χ3n) is 1.88. The van der Waals surface area contributed by atoms with E-state index in [0.29, 0.717) is 16.9 Å². The van der Waals surface area contributed by atoms with E-state index in [0.717, 1.165) is 0 Å². The number of esters is 1. The minimum atomic E-state index is -0.475. The number of methoxy groups -OCH3 is 2. The third kappa shape index (κ3) is 1.85.